The van der Waals surface area contributed by atoms with Gasteiger partial charge in [0.05, 0.1) is 0 Å². The second kappa shape index (κ2) is 4.75. The third kappa shape index (κ3) is 2.39. The maximum atomic E-state index is 11.9. The van der Waals surface area contributed by atoms with Crippen LogP contribution in [-0.4, -0.2) is 15.6 Å². The zero-order valence-electron chi connectivity index (χ0n) is 11.7. The van der Waals surface area contributed by atoms with E-state index in [0.29, 0.717) is 12.2 Å². The predicted molar refractivity (Wildman–Crippen MR) is 76.5 cm³/mol. The van der Waals surface area contributed by atoms with E-state index in [0.717, 1.165) is 19.3 Å². The fourth-order valence-electron chi connectivity index (χ4n) is 2.81. The first-order valence-corrected chi connectivity index (χ1v) is 6.76. The molecule has 1 saturated carbocycles. The van der Waals surface area contributed by atoms with Crippen LogP contribution in [0.2, 0.25) is 0 Å². The Kier molecular flexibility index (Phi) is 3.43. The lowest BCUT2D eigenvalue weighted by Gasteiger charge is -2.29. The first kappa shape index (κ1) is 13.7. The summed E-state index contributed by atoms with van der Waals surface area (Å²) in [6, 6.07) is 0.207. The minimum absolute atomic E-state index is 0.131. The lowest BCUT2D eigenvalue weighted by atomic mass is 9.87. The molecule has 1 unspecified atom stereocenters. The van der Waals surface area contributed by atoms with Crippen LogP contribution in [0.25, 0.3) is 0 Å². The summed E-state index contributed by atoms with van der Waals surface area (Å²) >= 11 is 0. The molecule has 1 heterocycles. The molecule has 0 bridgehead atoms. The van der Waals surface area contributed by atoms with Crippen molar-refractivity contribution in [3.8, 4) is 0 Å². The molecule has 6 heteroatoms. The van der Waals surface area contributed by atoms with Crippen molar-refractivity contribution in [3.05, 3.63) is 20.8 Å². The molecule has 0 aromatic carbocycles. The average molecular weight is 266 g/mol. The molecule has 1 aliphatic carbocycles. The van der Waals surface area contributed by atoms with Gasteiger partial charge in [0.25, 0.3) is 5.56 Å². The van der Waals surface area contributed by atoms with Gasteiger partial charge in [0.1, 0.15) is 11.5 Å². The van der Waals surface area contributed by atoms with Crippen LogP contribution in [0.4, 0.5) is 11.5 Å². The molecule has 2 rings (SSSR count). The van der Waals surface area contributed by atoms with E-state index in [1.165, 1.54) is 4.57 Å². The van der Waals surface area contributed by atoms with Crippen molar-refractivity contribution in [2.75, 3.05) is 11.1 Å². The zero-order valence-corrected chi connectivity index (χ0v) is 11.7. The smallest absolute Gasteiger partial charge is 0.330 e. The topological polar surface area (TPSA) is 92.9 Å². The number of aromatic amines is 1. The molecule has 1 aromatic rings. The zero-order chi connectivity index (χ0) is 14.2. The highest BCUT2D eigenvalue weighted by atomic mass is 16.2. The van der Waals surface area contributed by atoms with Crippen molar-refractivity contribution >= 4 is 11.5 Å². The molecule has 1 aromatic heterocycles. The van der Waals surface area contributed by atoms with Gasteiger partial charge < -0.3 is 11.1 Å². The molecule has 6 nitrogen and oxygen atoms in total. The van der Waals surface area contributed by atoms with Crippen molar-refractivity contribution in [1.29, 1.82) is 0 Å². The Morgan fingerprint density at radius 2 is 2.16 bits per heavy atom. The maximum absolute atomic E-state index is 11.9. The normalized spacial score (nSPS) is 21.5. The summed E-state index contributed by atoms with van der Waals surface area (Å²) in [6.07, 6.45) is 3.27. The largest absolute Gasteiger partial charge is 0.383 e. The molecule has 19 heavy (non-hydrogen) atoms. The van der Waals surface area contributed by atoms with Gasteiger partial charge in [-0.3, -0.25) is 14.3 Å². The molecular formula is C13H22N4O2. The third-order valence-corrected chi connectivity index (χ3v) is 4.13. The lowest BCUT2D eigenvalue weighted by molar-refractivity contribution is 0.349. The van der Waals surface area contributed by atoms with E-state index in [4.69, 9.17) is 5.73 Å². The Morgan fingerprint density at radius 3 is 2.68 bits per heavy atom. The van der Waals surface area contributed by atoms with E-state index < -0.39 is 11.2 Å². The van der Waals surface area contributed by atoms with E-state index in [9.17, 15) is 9.59 Å². The van der Waals surface area contributed by atoms with E-state index in [-0.39, 0.29) is 17.3 Å². The molecule has 106 valence electrons. The molecule has 1 fully saturated rings. The van der Waals surface area contributed by atoms with Crippen LogP contribution in [-0.2, 0) is 6.54 Å². The molecule has 0 saturated heterocycles. The van der Waals surface area contributed by atoms with Crippen molar-refractivity contribution in [2.24, 2.45) is 5.41 Å². The first-order chi connectivity index (χ1) is 8.86. The van der Waals surface area contributed by atoms with Crippen LogP contribution >= 0.6 is 0 Å². The highest BCUT2D eigenvalue weighted by molar-refractivity contribution is 5.61. The van der Waals surface area contributed by atoms with Gasteiger partial charge in [-0.05, 0) is 25.2 Å². The highest BCUT2D eigenvalue weighted by Crippen LogP contribution is 2.39. The van der Waals surface area contributed by atoms with Crippen LogP contribution in [0.5, 0.6) is 0 Å². The van der Waals surface area contributed by atoms with Gasteiger partial charge in [0.15, 0.2) is 0 Å². The van der Waals surface area contributed by atoms with E-state index in [2.05, 4.69) is 24.1 Å². The number of nitrogens with zero attached hydrogens (tertiary/aromatic N) is 1. The van der Waals surface area contributed by atoms with Gasteiger partial charge >= 0.3 is 5.69 Å². The number of nitrogens with two attached hydrogens (primary N) is 1. The van der Waals surface area contributed by atoms with Gasteiger partial charge in [0, 0.05) is 12.6 Å². The minimum atomic E-state index is -0.457. The second-order valence-electron chi connectivity index (χ2n) is 5.84. The van der Waals surface area contributed by atoms with Gasteiger partial charge in [-0.2, -0.15) is 0 Å². The Labute approximate surface area is 112 Å². The summed E-state index contributed by atoms with van der Waals surface area (Å²) in [4.78, 5) is 25.8. The summed E-state index contributed by atoms with van der Waals surface area (Å²) in [5, 5.41) is 3.24. The molecule has 1 atom stereocenters. The molecule has 0 radical (unpaired) electrons. The Bertz CT molecular complexity index is 585. The monoisotopic (exact) mass is 266 g/mol. The molecule has 4 N–H and O–H groups in total. The molecular weight excluding hydrogens is 244 g/mol. The van der Waals surface area contributed by atoms with Crippen molar-refractivity contribution in [2.45, 2.75) is 52.6 Å². The SMILES string of the molecule is CCn1c(N)c(NC2CCCC2(C)C)c(=O)[nH]c1=O. The molecule has 0 amide bonds. The lowest BCUT2D eigenvalue weighted by Crippen LogP contribution is -2.38. The summed E-state index contributed by atoms with van der Waals surface area (Å²) < 4.78 is 1.37. The van der Waals surface area contributed by atoms with Crippen LogP contribution in [0, 0.1) is 5.41 Å². The van der Waals surface area contributed by atoms with Crippen LogP contribution in [0.15, 0.2) is 9.59 Å². The number of hydrogen-bond donors (Lipinski definition) is 3. The Morgan fingerprint density at radius 1 is 1.47 bits per heavy atom. The van der Waals surface area contributed by atoms with Gasteiger partial charge in [-0.25, -0.2) is 4.79 Å². The Hall–Kier alpha value is -1.72. The van der Waals surface area contributed by atoms with Gasteiger partial charge in [0.2, 0.25) is 0 Å². The molecule has 1 aliphatic rings. The van der Waals surface area contributed by atoms with Gasteiger partial charge in [-0.1, -0.05) is 20.3 Å². The average Bonchev–Trinajstić information content (AvgIpc) is 2.64. The number of aromatic nitrogens is 2. The summed E-state index contributed by atoms with van der Waals surface area (Å²) in [6.45, 7) is 6.61. The Balaban J connectivity index is 2.41. The standard InChI is InChI=1S/C13H22N4O2/c1-4-17-10(14)9(11(18)16-12(17)19)15-8-6-5-7-13(8,2)3/h8,15H,4-7,14H2,1-3H3,(H,16,18,19). The van der Waals surface area contributed by atoms with E-state index in [1.54, 1.807) is 0 Å². The fourth-order valence-corrected chi connectivity index (χ4v) is 2.81. The summed E-state index contributed by atoms with van der Waals surface area (Å²) in [7, 11) is 0. The van der Waals surface area contributed by atoms with E-state index >= 15 is 0 Å². The number of nitrogens with one attached hydrogen (secondary N) is 2. The predicted octanol–water partition coefficient (Wildman–Crippen LogP) is 1.13. The minimum Gasteiger partial charge on any atom is -0.383 e. The van der Waals surface area contributed by atoms with Crippen molar-refractivity contribution in [1.82, 2.24) is 9.55 Å². The van der Waals surface area contributed by atoms with Crippen LogP contribution in [0.3, 0.4) is 0 Å². The van der Waals surface area contributed by atoms with Crippen molar-refractivity contribution < 1.29 is 0 Å². The number of rotatable bonds is 3. The summed E-state index contributed by atoms with van der Waals surface area (Å²) in [5.41, 5.74) is 5.50. The third-order valence-electron chi connectivity index (χ3n) is 4.13. The van der Waals surface area contributed by atoms with Crippen LogP contribution < -0.4 is 22.3 Å². The number of nitrogen functional groups attached to an aromatic ring is 1. The maximum Gasteiger partial charge on any atom is 0.330 e. The summed E-state index contributed by atoms with van der Waals surface area (Å²) in [5.74, 6) is 0.221. The van der Waals surface area contributed by atoms with Crippen LogP contribution in [0.1, 0.15) is 40.0 Å². The molecule has 0 aliphatic heterocycles. The fraction of sp³-hybridized carbons (Fsp3) is 0.692. The quantitative estimate of drug-likeness (QED) is 0.764. The first-order valence-electron chi connectivity index (χ1n) is 6.76. The molecule has 0 spiro atoms. The number of H-pyrrole nitrogens is 1. The number of hydrogen-bond acceptors (Lipinski definition) is 4. The number of anilines is 2. The second-order valence-corrected chi connectivity index (χ2v) is 5.84. The highest BCUT2D eigenvalue weighted by Gasteiger charge is 2.35. The van der Waals surface area contributed by atoms with Gasteiger partial charge in [-0.15, -0.1) is 0 Å². The van der Waals surface area contributed by atoms with E-state index in [1.807, 2.05) is 6.92 Å². The van der Waals surface area contributed by atoms with Crippen molar-refractivity contribution in [3.63, 3.8) is 0 Å².